The van der Waals surface area contributed by atoms with Crippen molar-refractivity contribution >= 4 is 27.7 Å². The quantitative estimate of drug-likeness (QED) is 0.696. The zero-order valence-electron chi connectivity index (χ0n) is 7.08. The molecule has 1 fully saturated rings. The molecule has 0 atom stereocenters. The smallest absolute Gasteiger partial charge is 0.207 e. The third-order valence-electron chi connectivity index (χ3n) is 2.39. The lowest BCUT2D eigenvalue weighted by Crippen LogP contribution is -2.47. The van der Waals surface area contributed by atoms with Gasteiger partial charge in [-0.25, -0.2) is 8.78 Å². The number of alkyl halides is 3. The number of rotatable bonds is 4. The second-order valence-electron chi connectivity index (χ2n) is 3.59. The van der Waals surface area contributed by atoms with E-state index in [1.165, 1.54) is 0 Å². The first-order valence-electron chi connectivity index (χ1n) is 3.96. The number of thioether (sulfide) groups is 1. The van der Waals surface area contributed by atoms with E-state index in [4.69, 9.17) is 0 Å². The van der Waals surface area contributed by atoms with Crippen LogP contribution in [-0.2, 0) is 0 Å². The first-order valence-corrected chi connectivity index (χ1v) is 6.48. The Morgan fingerprint density at radius 1 is 1.42 bits per heavy atom. The van der Waals surface area contributed by atoms with Crippen molar-refractivity contribution in [3.05, 3.63) is 0 Å². The van der Waals surface area contributed by atoms with Gasteiger partial charge in [-0.15, -0.1) is 0 Å². The molecule has 12 heavy (non-hydrogen) atoms. The fraction of sp³-hybridized carbons (Fsp3) is 1.00. The summed E-state index contributed by atoms with van der Waals surface area (Å²) in [6.07, 6.45) is 3.07. The van der Waals surface area contributed by atoms with Crippen LogP contribution in [0.1, 0.15) is 19.3 Å². The van der Waals surface area contributed by atoms with Gasteiger partial charge < -0.3 is 0 Å². The molecule has 0 radical (unpaired) electrons. The van der Waals surface area contributed by atoms with Gasteiger partial charge in [0.05, 0.1) is 0 Å². The van der Waals surface area contributed by atoms with Gasteiger partial charge in [0.15, 0.2) is 0 Å². The molecule has 0 heterocycles. The van der Waals surface area contributed by atoms with Crippen molar-refractivity contribution in [2.75, 3.05) is 17.3 Å². The van der Waals surface area contributed by atoms with Crippen molar-refractivity contribution in [2.24, 2.45) is 5.41 Å². The van der Waals surface area contributed by atoms with E-state index in [1.807, 2.05) is 6.26 Å². The van der Waals surface area contributed by atoms with Crippen LogP contribution in [0.5, 0.6) is 0 Å². The highest BCUT2D eigenvalue weighted by Crippen LogP contribution is 2.55. The maximum absolute atomic E-state index is 12.6. The number of hydrogen-bond acceptors (Lipinski definition) is 1. The van der Waals surface area contributed by atoms with Crippen LogP contribution in [0.3, 0.4) is 0 Å². The molecule has 0 spiro atoms. The summed E-state index contributed by atoms with van der Waals surface area (Å²) in [5.41, 5.74) is -0.105. The molecule has 0 unspecified atom stereocenters. The summed E-state index contributed by atoms with van der Waals surface area (Å²) in [5, 5.41) is 0.718. The molecule has 0 nitrogen and oxygen atoms in total. The van der Waals surface area contributed by atoms with Crippen molar-refractivity contribution in [1.29, 1.82) is 0 Å². The maximum Gasteiger partial charge on any atom is 0.249 e. The van der Waals surface area contributed by atoms with Crippen LogP contribution in [0.15, 0.2) is 0 Å². The molecule has 1 rings (SSSR count). The molecular weight excluding hydrogens is 246 g/mol. The van der Waals surface area contributed by atoms with E-state index in [0.717, 1.165) is 17.5 Å². The van der Waals surface area contributed by atoms with Crippen LogP contribution in [0.2, 0.25) is 0 Å². The van der Waals surface area contributed by atoms with Crippen LogP contribution in [0, 0.1) is 5.41 Å². The zero-order valence-corrected chi connectivity index (χ0v) is 9.48. The fourth-order valence-corrected chi connectivity index (χ4v) is 3.02. The van der Waals surface area contributed by atoms with E-state index in [2.05, 4.69) is 15.9 Å². The van der Waals surface area contributed by atoms with Crippen LogP contribution < -0.4 is 0 Å². The molecule has 0 aliphatic heterocycles. The van der Waals surface area contributed by atoms with Gasteiger partial charge in [0.2, 0.25) is 5.92 Å². The minimum atomic E-state index is -2.38. The van der Waals surface area contributed by atoms with Crippen LogP contribution in [-0.4, -0.2) is 23.3 Å². The van der Waals surface area contributed by atoms with E-state index in [-0.39, 0.29) is 18.3 Å². The molecule has 0 N–H and O–H groups in total. The van der Waals surface area contributed by atoms with Crippen molar-refractivity contribution in [1.82, 2.24) is 0 Å². The highest BCUT2D eigenvalue weighted by atomic mass is 79.9. The molecule has 1 aliphatic carbocycles. The minimum Gasteiger partial charge on any atom is -0.207 e. The predicted octanol–water partition coefficient (Wildman–Crippen LogP) is 3.55. The zero-order chi connectivity index (χ0) is 9.24. The van der Waals surface area contributed by atoms with Gasteiger partial charge in [0.25, 0.3) is 0 Å². The molecule has 0 aromatic heterocycles. The first kappa shape index (κ1) is 10.8. The van der Waals surface area contributed by atoms with Gasteiger partial charge in [-0.3, -0.25) is 0 Å². The van der Waals surface area contributed by atoms with Gasteiger partial charge >= 0.3 is 0 Å². The Morgan fingerprint density at radius 2 is 2.00 bits per heavy atom. The average Bonchev–Trinajstić information content (AvgIpc) is 1.96. The van der Waals surface area contributed by atoms with Gasteiger partial charge in [0, 0.05) is 18.2 Å². The minimum absolute atomic E-state index is 0.0752. The van der Waals surface area contributed by atoms with Gasteiger partial charge in [-0.2, -0.15) is 11.8 Å². The van der Waals surface area contributed by atoms with Gasteiger partial charge in [-0.05, 0) is 23.8 Å². The van der Waals surface area contributed by atoms with Crippen LogP contribution >= 0.6 is 27.7 Å². The van der Waals surface area contributed by atoms with E-state index in [1.54, 1.807) is 11.8 Å². The van der Waals surface area contributed by atoms with E-state index >= 15 is 0 Å². The predicted molar refractivity (Wildman–Crippen MR) is 53.4 cm³/mol. The molecule has 0 bridgehead atoms. The number of hydrogen-bond donors (Lipinski definition) is 0. The van der Waals surface area contributed by atoms with Crippen LogP contribution in [0.4, 0.5) is 8.78 Å². The Balaban J connectivity index is 2.36. The summed E-state index contributed by atoms with van der Waals surface area (Å²) < 4.78 is 25.2. The maximum atomic E-state index is 12.6. The van der Waals surface area contributed by atoms with E-state index in [0.29, 0.717) is 0 Å². The van der Waals surface area contributed by atoms with Gasteiger partial charge in [0.1, 0.15) is 0 Å². The van der Waals surface area contributed by atoms with Crippen molar-refractivity contribution in [3.8, 4) is 0 Å². The standard InChI is InChI=1S/C8H13BrF2S/c1-12-3-2-7(6-9)4-8(10,11)5-7/h2-6H2,1H3. The second-order valence-corrected chi connectivity index (χ2v) is 5.13. The Hall–Kier alpha value is 0.690. The highest BCUT2D eigenvalue weighted by molar-refractivity contribution is 9.09. The van der Waals surface area contributed by atoms with Crippen molar-refractivity contribution in [2.45, 2.75) is 25.2 Å². The molecule has 1 aliphatic rings. The Morgan fingerprint density at radius 3 is 2.33 bits per heavy atom. The van der Waals surface area contributed by atoms with Crippen molar-refractivity contribution in [3.63, 3.8) is 0 Å². The first-order chi connectivity index (χ1) is 5.54. The molecule has 0 amide bonds. The summed E-state index contributed by atoms with van der Waals surface area (Å²) in [5.74, 6) is -1.39. The molecular formula is C8H13BrF2S. The van der Waals surface area contributed by atoms with E-state index < -0.39 is 5.92 Å². The third kappa shape index (κ3) is 2.34. The topological polar surface area (TPSA) is 0 Å². The Kier molecular flexibility index (Phi) is 3.43. The van der Waals surface area contributed by atoms with Crippen LogP contribution in [0.25, 0.3) is 0 Å². The Labute approximate surface area is 84.6 Å². The largest absolute Gasteiger partial charge is 0.249 e. The molecule has 0 saturated heterocycles. The second kappa shape index (κ2) is 3.82. The summed E-state index contributed by atoms with van der Waals surface area (Å²) in [6, 6.07) is 0. The SMILES string of the molecule is CSCCC1(CBr)CC(F)(F)C1. The Bertz CT molecular complexity index is 153. The van der Waals surface area contributed by atoms with E-state index in [9.17, 15) is 8.78 Å². The molecule has 4 heteroatoms. The monoisotopic (exact) mass is 258 g/mol. The normalized spacial score (nSPS) is 25.0. The van der Waals surface area contributed by atoms with Gasteiger partial charge in [-0.1, -0.05) is 15.9 Å². The highest BCUT2D eigenvalue weighted by Gasteiger charge is 2.55. The average molecular weight is 259 g/mol. The fourth-order valence-electron chi connectivity index (χ4n) is 1.70. The molecule has 0 aromatic carbocycles. The summed E-state index contributed by atoms with van der Waals surface area (Å²) in [4.78, 5) is 0. The summed E-state index contributed by atoms with van der Waals surface area (Å²) in [6.45, 7) is 0. The molecule has 72 valence electrons. The lowest BCUT2D eigenvalue weighted by atomic mass is 9.66. The number of halogens is 3. The third-order valence-corrected chi connectivity index (χ3v) is 4.19. The lowest BCUT2D eigenvalue weighted by Gasteiger charge is -2.46. The summed E-state index contributed by atoms with van der Waals surface area (Å²) >= 11 is 5.05. The summed E-state index contributed by atoms with van der Waals surface area (Å²) in [7, 11) is 0. The van der Waals surface area contributed by atoms with Crippen molar-refractivity contribution < 1.29 is 8.78 Å². The molecule has 0 aromatic rings. The molecule has 1 saturated carbocycles. The lowest BCUT2D eigenvalue weighted by molar-refractivity contribution is -0.151.